The summed E-state index contributed by atoms with van der Waals surface area (Å²) in [6, 6.07) is 11.6. The summed E-state index contributed by atoms with van der Waals surface area (Å²) in [6.07, 6.45) is 2.63. The van der Waals surface area contributed by atoms with Gasteiger partial charge in [0.15, 0.2) is 0 Å². The number of aromatic nitrogens is 1. The van der Waals surface area contributed by atoms with Gasteiger partial charge in [0.2, 0.25) is 0 Å². The third-order valence-electron chi connectivity index (χ3n) is 2.64. The van der Waals surface area contributed by atoms with Gasteiger partial charge in [-0.2, -0.15) is 0 Å². The Kier molecular flexibility index (Phi) is 4.57. The lowest BCUT2D eigenvalue weighted by Gasteiger charge is -2.08. The van der Waals surface area contributed by atoms with Crippen LogP contribution in [0.2, 0.25) is 0 Å². The molecule has 106 valence electrons. The van der Waals surface area contributed by atoms with Crippen LogP contribution < -0.4 is 10.0 Å². The van der Waals surface area contributed by atoms with Crippen molar-refractivity contribution in [3.05, 3.63) is 48.7 Å². The molecule has 0 fully saturated rings. The van der Waals surface area contributed by atoms with E-state index in [0.717, 1.165) is 18.7 Å². The molecule has 0 bridgehead atoms. The zero-order valence-corrected chi connectivity index (χ0v) is 12.0. The lowest BCUT2D eigenvalue weighted by molar-refractivity contribution is 0.601. The van der Waals surface area contributed by atoms with Crippen LogP contribution in [0.1, 0.15) is 13.3 Å². The summed E-state index contributed by atoms with van der Waals surface area (Å²) in [4.78, 5) is 4.31. The summed E-state index contributed by atoms with van der Waals surface area (Å²) in [7, 11) is -3.58. The van der Waals surface area contributed by atoms with Crippen molar-refractivity contribution in [1.82, 2.24) is 4.98 Å². The van der Waals surface area contributed by atoms with Crippen LogP contribution in [0.4, 0.5) is 11.5 Å². The van der Waals surface area contributed by atoms with Gasteiger partial charge in [-0.1, -0.05) is 25.1 Å². The van der Waals surface area contributed by atoms with Gasteiger partial charge in [-0.05, 0) is 30.7 Å². The van der Waals surface area contributed by atoms with E-state index in [4.69, 9.17) is 0 Å². The highest BCUT2D eigenvalue weighted by Crippen LogP contribution is 2.15. The largest absolute Gasteiger partial charge is 0.384 e. The molecule has 0 aliphatic carbocycles. The first kappa shape index (κ1) is 14.3. The molecule has 2 aromatic rings. The number of nitrogens with zero attached hydrogens (tertiary/aromatic N) is 1. The molecule has 5 nitrogen and oxygen atoms in total. The van der Waals surface area contributed by atoms with E-state index < -0.39 is 10.0 Å². The maximum Gasteiger partial charge on any atom is 0.263 e. The molecule has 2 N–H and O–H groups in total. The van der Waals surface area contributed by atoms with Crippen molar-refractivity contribution in [1.29, 1.82) is 0 Å². The summed E-state index contributed by atoms with van der Waals surface area (Å²) in [5.74, 6) is 0.302. The summed E-state index contributed by atoms with van der Waals surface area (Å²) >= 11 is 0. The molecular formula is C14H17N3O2S. The summed E-state index contributed by atoms with van der Waals surface area (Å²) in [5.41, 5.74) is 0.870. The van der Waals surface area contributed by atoms with Crippen LogP contribution in [-0.2, 0) is 10.0 Å². The number of sulfonamides is 1. The van der Waals surface area contributed by atoms with Gasteiger partial charge in [0.1, 0.15) is 5.82 Å². The number of nitrogens with one attached hydrogen (secondary N) is 2. The van der Waals surface area contributed by atoms with E-state index in [1.54, 1.807) is 48.7 Å². The van der Waals surface area contributed by atoms with E-state index in [1.165, 1.54) is 0 Å². The van der Waals surface area contributed by atoms with Crippen LogP contribution in [0.5, 0.6) is 0 Å². The molecule has 6 heteroatoms. The molecule has 0 atom stereocenters. The second-order valence-electron chi connectivity index (χ2n) is 4.28. The van der Waals surface area contributed by atoms with E-state index in [2.05, 4.69) is 21.9 Å². The first-order valence-electron chi connectivity index (χ1n) is 6.39. The number of anilines is 2. The molecule has 0 spiro atoms. The third-order valence-corrected chi connectivity index (χ3v) is 4.01. The number of rotatable bonds is 6. The molecule has 20 heavy (non-hydrogen) atoms. The van der Waals surface area contributed by atoms with E-state index in [9.17, 15) is 8.42 Å². The molecular weight excluding hydrogens is 274 g/mol. The first-order valence-corrected chi connectivity index (χ1v) is 7.88. The molecule has 0 aliphatic rings. The van der Waals surface area contributed by atoms with Crippen LogP contribution in [0, 0.1) is 0 Å². The zero-order chi connectivity index (χ0) is 14.4. The average Bonchev–Trinajstić information content (AvgIpc) is 2.47. The van der Waals surface area contributed by atoms with Crippen molar-refractivity contribution in [2.24, 2.45) is 0 Å². The minimum atomic E-state index is -3.58. The van der Waals surface area contributed by atoms with Crippen LogP contribution >= 0.6 is 0 Å². The van der Waals surface area contributed by atoms with Crippen molar-refractivity contribution in [3.8, 4) is 0 Å². The molecule has 0 radical (unpaired) electrons. The van der Waals surface area contributed by atoms with E-state index in [0.29, 0.717) is 5.82 Å². The molecule has 1 aromatic heterocycles. The fourth-order valence-electron chi connectivity index (χ4n) is 1.62. The minimum Gasteiger partial charge on any atom is -0.384 e. The Balaban J connectivity index is 2.10. The van der Waals surface area contributed by atoms with Gasteiger partial charge in [0.25, 0.3) is 10.0 Å². The highest BCUT2D eigenvalue weighted by atomic mass is 32.2. The van der Waals surface area contributed by atoms with E-state index in [1.807, 2.05) is 0 Å². The van der Waals surface area contributed by atoms with Crippen LogP contribution in [0.25, 0.3) is 0 Å². The number of benzene rings is 1. The lowest BCUT2D eigenvalue weighted by atomic mass is 10.4. The first-order chi connectivity index (χ1) is 9.62. The van der Waals surface area contributed by atoms with E-state index >= 15 is 0 Å². The lowest BCUT2D eigenvalue weighted by Crippen LogP contribution is -2.13. The average molecular weight is 291 g/mol. The Morgan fingerprint density at radius 3 is 2.45 bits per heavy atom. The van der Waals surface area contributed by atoms with Crippen molar-refractivity contribution >= 4 is 21.5 Å². The smallest absolute Gasteiger partial charge is 0.263 e. The van der Waals surface area contributed by atoms with Gasteiger partial charge < -0.3 is 5.32 Å². The van der Waals surface area contributed by atoms with Crippen molar-refractivity contribution in [2.75, 3.05) is 16.6 Å². The number of pyridine rings is 1. The Bertz CT molecular complexity index is 640. The molecule has 0 unspecified atom stereocenters. The molecule has 1 aromatic carbocycles. The van der Waals surface area contributed by atoms with Crippen LogP contribution in [0.3, 0.4) is 0 Å². The van der Waals surface area contributed by atoms with Gasteiger partial charge in [0.05, 0.1) is 16.8 Å². The van der Waals surface area contributed by atoms with Crippen molar-refractivity contribution in [3.63, 3.8) is 0 Å². The summed E-state index contributed by atoms with van der Waals surface area (Å²) in [6.45, 7) is 2.93. The Hall–Kier alpha value is -2.08. The molecule has 0 saturated carbocycles. The topological polar surface area (TPSA) is 71.1 Å². The molecule has 0 saturated heterocycles. The van der Waals surface area contributed by atoms with Crippen LogP contribution in [0.15, 0.2) is 53.6 Å². The molecule has 0 aliphatic heterocycles. The predicted octanol–water partition coefficient (Wildman–Crippen LogP) is 2.70. The van der Waals surface area contributed by atoms with Gasteiger partial charge in [0, 0.05) is 6.54 Å². The number of hydrogen-bond donors (Lipinski definition) is 2. The fourth-order valence-corrected chi connectivity index (χ4v) is 2.65. The normalized spacial score (nSPS) is 11.1. The minimum absolute atomic E-state index is 0.218. The van der Waals surface area contributed by atoms with Gasteiger partial charge >= 0.3 is 0 Å². The zero-order valence-electron chi connectivity index (χ0n) is 11.2. The Morgan fingerprint density at radius 2 is 1.85 bits per heavy atom. The Labute approximate surface area is 119 Å². The maximum absolute atomic E-state index is 12.1. The highest BCUT2D eigenvalue weighted by Gasteiger charge is 2.13. The van der Waals surface area contributed by atoms with Gasteiger partial charge in [-0.3, -0.25) is 4.72 Å². The second-order valence-corrected chi connectivity index (χ2v) is 5.96. The quantitative estimate of drug-likeness (QED) is 0.858. The van der Waals surface area contributed by atoms with E-state index in [-0.39, 0.29) is 4.90 Å². The molecule has 0 amide bonds. The SMILES string of the molecule is CCCNc1ccc(NS(=O)(=O)c2ccccc2)nc1. The molecule has 1 heterocycles. The summed E-state index contributed by atoms with van der Waals surface area (Å²) < 4.78 is 26.6. The van der Waals surface area contributed by atoms with Crippen molar-refractivity contribution in [2.45, 2.75) is 18.2 Å². The summed E-state index contributed by atoms with van der Waals surface area (Å²) in [5, 5.41) is 3.18. The number of hydrogen-bond acceptors (Lipinski definition) is 4. The predicted molar refractivity (Wildman–Crippen MR) is 80.3 cm³/mol. The van der Waals surface area contributed by atoms with Gasteiger partial charge in [-0.25, -0.2) is 13.4 Å². The Morgan fingerprint density at radius 1 is 1.10 bits per heavy atom. The monoisotopic (exact) mass is 291 g/mol. The van der Waals surface area contributed by atoms with Crippen LogP contribution in [-0.4, -0.2) is 19.9 Å². The van der Waals surface area contributed by atoms with Crippen molar-refractivity contribution < 1.29 is 8.42 Å². The highest BCUT2D eigenvalue weighted by molar-refractivity contribution is 7.92. The second kappa shape index (κ2) is 6.38. The molecule has 2 rings (SSSR count). The fraction of sp³-hybridized carbons (Fsp3) is 0.214. The third kappa shape index (κ3) is 3.71. The standard InChI is InChI=1S/C14H17N3O2S/c1-2-10-15-12-8-9-14(16-11-12)17-20(18,19)13-6-4-3-5-7-13/h3-9,11,15H,2,10H2,1H3,(H,16,17). The maximum atomic E-state index is 12.1. The van der Waals surface area contributed by atoms with Gasteiger partial charge in [-0.15, -0.1) is 0 Å².